The lowest BCUT2D eigenvalue weighted by molar-refractivity contribution is 0.368. The Kier molecular flexibility index (Phi) is 4.96. The fourth-order valence-corrected chi connectivity index (χ4v) is 2.16. The van der Waals surface area contributed by atoms with E-state index in [1.807, 2.05) is 36.4 Å². The molecule has 2 nitrogen and oxygen atoms in total. The van der Waals surface area contributed by atoms with E-state index in [-0.39, 0.29) is 0 Å². The van der Waals surface area contributed by atoms with E-state index in [1.54, 1.807) is 6.07 Å². The second kappa shape index (κ2) is 6.92. The third kappa shape index (κ3) is 4.82. The van der Waals surface area contributed by atoms with Crippen LogP contribution in [-0.4, -0.2) is 7.25 Å². The van der Waals surface area contributed by atoms with E-state index in [2.05, 4.69) is 29.2 Å². The minimum Gasteiger partial charge on any atom is -0.418 e. The average molecular weight is 318 g/mol. The highest BCUT2D eigenvalue weighted by atomic mass is 19.5. The van der Waals surface area contributed by atoms with Gasteiger partial charge in [-0.15, -0.1) is 0 Å². The Balaban J connectivity index is 0.000000338. The number of benzene rings is 3. The number of halogens is 4. The second-order valence-electron chi connectivity index (χ2n) is 4.67. The van der Waals surface area contributed by atoms with Crippen molar-refractivity contribution in [2.45, 2.75) is 0 Å². The van der Waals surface area contributed by atoms with Gasteiger partial charge in [-0.05, 0) is 28.5 Å². The molecular weight excluding hydrogens is 307 g/mol. The van der Waals surface area contributed by atoms with Gasteiger partial charge in [-0.1, -0.05) is 48.5 Å². The van der Waals surface area contributed by atoms with Crippen molar-refractivity contribution in [2.24, 2.45) is 0 Å². The van der Waals surface area contributed by atoms with Gasteiger partial charge in [0.05, 0.1) is 5.56 Å². The Labute approximate surface area is 130 Å². The quantitative estimate of drug-likeness (QED) is 0.294. The van der Waals surface area contributed by atoms with E-state index in [1.165, 1.54) is 10.8 Å². The molecule has 3 aromatic carbocycles. The molecule has 0 aliphatic carbocycles. The van der Waals surface area contributed by atoms with Crippen LogP contribution in [0.15, 0.2) is 66.7 Å². The van der Waals surface area contributed by atoms with Crippen LogP contribution in [0.3, 0.4) is 0 Å². The molecule has 0 amide bonds. The standard InChI is InChI=1S/C16H11N2.BF4/c17-18-16-8-4-3-7-15(16)14-10-9-12-5-1-2-6-13(12)11-14;2-1(3,4)5/h1-11H;/q+1;-1. The Morgan fingerprint density at radius 3 is 1.96 bits per heavy atom. The molecular formula is C16H11BF4N2. The molecule has 0 N–H and O–H groups in total. The maximum atomic E-state index is 9.75. The summed E-state index contributed by atoms with van der Waals surface area (Å²) in [4.78, 5) is 3.33. The summed E-state index contributed by atoms with van der Waals surface area (Å²) < 4.78 is 39.0. The van der Waals surface area contributed by atoms with Crippen LogP contribution in [0.2, 0.25) is 0 Å². The maximum absolute atomic E-state index is 9.75. The summed E-state index contributed by atoms with van der Waals surface area (Å²) in [6, 6.07) is 22.0. The number of hydrogen-bond donors (Lipinski definition) is 0. The number of rotatable bonds is 1. The summed E-state index contributed by atoms with van der Waals surface area (Å²) >= 11 is 0. The van der Waals surface area contributed by atoms with Crippen LogP contribution in [0.25, 0.3) is 26.9 Å². The van der Waals surface area contributed by atoms with Gasteiger partial charge in [0.25, 0.3) is 0 Å². The van der Waals surface area contributed by atoms with Crippen LogP contribution in [0.1, 0.15) is 0 Å². The predicted molar refractivity (Wildman–Crippen MR) is 84.3 cm³/mol. The van der Waals surface area contributed by atoms with Gasteiger partial charge >= 0.3 is 12.9 Å². The highest BCUT2D eigenvalue weighted by Crippen LogP contribution is 2.31. The Hall–Kier alpha value is -2.88. The molecule has 0 saturated carbocycles. The summed E-state index contributed by atoms with van der Waals surface area (Å²) in [5.41, 5.74) is 2.58. The summed E-state index contributed by atoms with van der Waals surface area (Å²) in [7, 11) is -6.00. The summed E-state index contributed by atoms with van der Waals surface area (Å²) in [6.45, 7) is 0. The van der Waals surface area contributed by atoms with Crippen LogP contribution in [0, 0.1) is 5.39 Å². The molecule has 3 rings (SSSR count). The Morgan fingerprint density at radius 1 is 0.739 bits per heavy atom. The first-order valence-corrected chi connectivity index (χ1v) is 6.69. The van der Waals surface area contributed by atoms with Crippen molar-refractivity contribution >= 4 is 23.7 Å². The van der Waals surface area contributed by atoms with Crippen LogP contribution in [0.4, 0.5) is 23.0 Å². The Morgan fingerprint density at radius 2 is 1.30 bits per heavy atom. The number of hydrogen-bond acceptors (Lipinski definition) is 1. The highest BCUT2D eigenvalue weighted by molar-refractivity contribution is 6.50. The van der Waals surface area contributed by atoms with E-state index in [4.69, 9.17) is 5.39 Å². The third-order valence-corrected chi connectivity index (χ3v) is 3.07. The van der Waals surface area contributed by atoms with Gasteiger partial charge in [0.1, 0.15) is 0 Å². The lowest BCUT2D eigenvalue weighted by Gasteiger charge is -2.02. The van der Waals surface area contributed by atoms with Gasteiger partial charge in [0.2, 0.25) is 5.39 Å². The van der Waals surface area contributed by atoms with Crippen molar-refractivity contribution in [3.63, 3.8) is 0 Å². The molecule has 0 atom stereocenters. The van der Waals surface area contributed by atoms with E-state index in [0.717, 1.165) is 11.1 Å². The molecule has 3 aromatic rings. The van der Waals surface area contributed by atoms with Crippen molar-refractivity contribution in [1.82, 2.24) is 0 Å². The average Bonchev–Trinajstić information content (AvgIpc) is 2.53. The summed E-state index contributed by atoms with van der Waals surface area (Å²) in [6.07, 6.45) is 0. The zero-order valence-electron chi connectivity index (χ0n) is 11.8. The molecule has 0 heterocycles. The van der Waals surface area contributed by atoms with Crippen molar-refractivity contribution in [3.8, 4) is 11.1 Å². The van der Waals surface area contributed by atoms with E-state index in [9.17, 15) is 17.3 Å². The van der Waals surface area contributed by atoms with Gasteiger partial charge in [-0.3, -0.25) is 0 Å². The predicted octanol–water partition coefficient (Wildman–Crippen LogP) is 6.29. The first kappa shape index (κ1) is 16.5. The van der Waals surface area contributed by atoms with Crippen LogP contribution in [-0.2, 0) is 0 Å². The molecule has 0 aliphatic rings. The first-order valence-electron chi connectivity index (χ1n) is 6.69. The zero-order valence-corrected chi connectivity index (χ0v) is 11.8. The highest BCUT2D eigenvalue weighted by Gasteiger charge is 2.20. The molecule has 0 unspecified atom stereocenters. The topological polar surface area (TPSA) is 28.1 Å². The monoisotopic (exact) mass is 318 g/mol. The van der Waals surface area contributed by atoms with Crippen molar-refractivity contribution in [2.75, 3.05) is 0 Å². The molecule has 0 spiro atoms. The lowest BCUT2D eigenvalue weighted by Crippen LogP contribution is -2.02. The molecule has 0 aromatic heterocycles. The van der Waals surface area contributed by atoms with Crippen LogP contribution < -0.4 is 0 Å². The molecule has 0 aliphatic heterocycles. The van der Waals surface area contributed by atoms with Crippen LogP contribution >= 0.6 is 0 Å². The van der Waals surface area contributed by atoms with Gasteiger partial charge < -0.3 is 17.3 Å². The maximum Gasteiger partial charge on any atom is 0.673 e. The van der Waals surface area contributed by atoms with Crippen molar-refractivity contribution in [1.29, 1.82) is 5.39 Å². The van der Waals surface area contributed by atoms with E-state index >= 15 is 0 Å². The largest absolute Gasteiger partial charge is 0.673 e. The lowest BCUT2D eigenvalue weighted by atomic mass is 10.0. The van der Waals surface area contributed by atoms with E-state index in [0.29, 0.717) is 5.69 Å². The molecule has 0 bridgehead atoms. The Bertz CT molecular complexity index is 850. The molecule has 7 heteroatoms. The molecule has 23 heavy (non-hydrogen) atoms. The third-order valence-electron chi connectivity index (χ3n) is 3.07. The normalized spacial score (nSPS) is 10.6. The molecule has 0 saturated heterocycles. The second-order valence-corrected chi connectivity index (χ2v) is 4.67. The summed E-state index contributed by atoms with van der Waals surface area (Å²) in [5, 5.41) is 11.4. The summed E-state index contributed by atoms with van der Waals surface area (Å²) in [5.74, 6) is 0. The van der Waals surface area contributed by atoms with Crippen LogP contribution in [0.5, 0.6) is 0 Å². The zero-order chi connectivity index (χ0) is 16.9. The molecule has 116 valence electrons. The first-order chi connectivity index (χ1) is 10.9. The molecule has 0 fully saturated rings. The van der Waals surface area contributed by atoms with Crippen molar-refractivity contribution in [3.05, 3.63) is 71.7 Å². The fraction of sp³-hybridized carbons (Fsp3) is 0. The van der Waals surface area contributed by atoms with Crippen molar-refractivity contribution < 1.29 is 17.3 Å². The van der Waals surface area contributed by atoms with E-state index < -0.39 is 7.25 Å². The van der Waals surface area contributed by atoms with Gasteiger partial charge in [0, 0.05) is 6.07 Å². The van der Waals surface area contributed by atoms with Gasteiger partial charge in [-0.2, -0.15) is 0 Å². The van der Waals surface area contributed by atoms with Gasteiger partial charge in [-0.25, -0.2) is 0 Å². The number of nitrogens with zero attached hydrogens (tertiary/aromatic N) is 2. The number of diazo groups is 1. The SMILES string of the molecule is F[B-](F)(F)F.N#[N+]c1ccccc1-c1ccc2ccccc2c1. The van der Waals surface area contributed by atoms with Gasteiger partial charge in [0.15, 0.2) is 4.98 Å². The molecule has 0 radical (unpaired) electrons. The minimum atomic E-state index is -6.00. The fourth-order valence-electron chi connectivity index (χ4n) is 2.16. The minimum absolute atomic E-state index is 0.591. The smallest absolute Gasteiger partial charge is 0.418 e. The number of fused-ring (bicyclic) bond motifs is 1.